The average Bonchev–Trinajstić information content (AvgIpc) is 2.60. The number of halogens is 2. The fourth-order valence-electron chi connectivity index (χ4n) is 2.39. The van der Waals surface area contributed by atoms with Crippen molar-refractivity contribution in [1.29, 1.82) is 0 Å². The van der Waals surface area contributed by atoms with Gasteiger partial charge < -0.3 is 14.2 Å². The van der Waals surface area contributed by atoms with Crippen LogP contribution in [0.5, 0.6) is 17.2 Å². The molecule has 0 aliphatic heterocycles. The smallest absolute Gasteiger partial charge is 0.203 e. The van der Waals surface area contributed by atoms with Crippen LogP contribution in [0.25, 0.3) is 11.6 Å². The van der Waals surface area contributed by atoms with Crippen molar-refractivity contribution in [2.24, 2.45) is 0 Å². The summed E-state index contributed by atoms with van der Waals surface area (Å²) in [5.74, 6) is 1.29. The second-order valence-corrected chi connectivity index (χ2v) is 6.02. The van der Waals surface area contributed by atoms with E-state index < -0.39 is 0 Å². The molecule has 0 fully saturated rings. The Morgan fingerprint density at radius 2 is 1.52 bits per heavy atom. The SMILES string of the molecule is COc1cc(/C(=C\c2ccc(Cl)c(Cl)c2)C(C)=O)cc(OC)c1OC. The summed E-state index contributed by atoms with van der Waals surface area (Å²) in [4.78, 5) is 12.2. The van der Waals surface area contributed by atoms with Crippen LogP contribution in [0.15, 0.2) is 30.3 Å². The Bertz CT molecular complexity index is 803. The minimum Gasteiger partial charge on any atom is -0.493 e. The molecule has 2 aromatic rings. The first-order valence-corrected chi connectivity index (χ1v) is 8.15. The van der Waals surface area contributed by atoms with Crippen molar-refractivity contribution in [1.82, 2.24) is 0 Å². The molecule has 0 aromatic heterocycles. The highest BCUT2D eigenvalue weighted by Crippen LogP contribution is 2.40. The van der Waals surface area contributed by atoms with Crippen LogP contribution in [-0.2, 0) is 4.79 Å². The molecule has 132 valence electrons. The first kappa shape index (κ1) is 19.2. The lowest BCUT2D eigenvalue weighted by molar-refractivity contribution is -0.111. The molecule has 0 radical (unpaired) electrons. The Balaban J connectivity index is 2.62. The zero-order valence-electron chi connectivity index (χ0n) is 14.4. The lowest BCUT2D eigenvalue weighted by Crippen LogP contribution is -2.00. The number of hydrogen-bond acceptors (Lipinski definition) is 4. The van der Waals surface area contributed by atoms with Crippen molar-refractivity contribution >= 4 is 40.6 Å². The van der Waals surface area contributed by atoms with Crippen molar-refractivity contribution in [3.05, 3.63) is 51.5 Å². The molecule has 0 unspecified atom stereocenters. The summed E-state index contributed by atoms with van der Waals surface area (Å²) in [6.07, 6.45) is 1.74. The van der Waals surface area contributed by atoms with Crippen molar-refractivity contribution in [3.8, 4) is 17.2 Å². The lowest BCUT2D eigenvalue weighted by atomic mass is 9.98. The van der Waals surface area contributed by atoms with Crippen molar-refractivity contribution < 1.29 is 19.0 Å². The number of ether oxygens (including phenoxy) is 3. The largest absolute Gasteiger partial charge is 0.493 e. The van der Waals surface area contributed by atoms with Gasteiger partial charge in [-0.2, -0.15) is 0 Å². The number of benzene rings is 2. The minimum absolute atomic E-state index is 0.111. The standard InChI is InChI=1S/C19H18Cl2O4/c1-11(22)14(7-12-5-6-15(20)16(21)8-12)13-9-17(23-2)19(25-4)18(10-13)24-3/h5-10H,1-4H3/b14-7-. The third-order valence-electron chi connectivity index (χ3n) is 3.61. The van der Waals surface area contributed by atoms with Crippen LogP contribution in [-0.4, -0.2) is 27.1 Å². The van der Waals surface area contributed by atoms with Gasteiger partial charge in [-0.3, -0.25) is 4.79 Å². The van der Waals surface area contributed by atoms with E-state index in [0.29, 0.717) is 38.4 Å². The number of allylic oxidation sites excluding steroid dienone is 1. The number of rotatable bonds is 6. The van der Waals surface area contributed by atoms with Gasteiger partial charge in [-0.15, -0.1) is 0 Å². The molecule has 0 bridgehead atoms. The molecule has 0 aliphatic rings. The third kappa shape index (κ3) is 4.27. The summed E-state index contributed by atoms with van der Waals surface area (Å²) in [5.41, 5.74) is 1.89. The predicted molar refractivity (Wildman–Crippen MR) is 101 cm³/mol. The van der Waals surface area contributed by atoms with Gasteiger partial charge in [0, 0.05) is 5.57 Å². The van der Waals surface area contributed by atoms with Crippen molar-refractivity contribution in [2.75, 3.05) is 21.3 Å². The maximum absolute atomic E-state index is 12.2. The number of carbonyl (C=O) groups excluding carboxylic acids is 1. The summed E-state index contributed by atoms with van der Waals surface area (Å²) in [6, 6.07) is 8.63. The Hall–Kier alpha value is -2.17. The van der Waals surface area contributed by atoms with E-state index in [4.69, 9.17) is 37.4 Å². The van der Waals surface area contributed by atoms with Crippen LogP contribution in [0.4, 0.5) is 0 Å². The highest BCUT2D eigenvalue weighted by Gasteiger charge is 2.17. The Kier molecular flexibility index (Phi) is 6.34. The van der Waals surface area contributed by atoms with Crippen LogP contribution < -0.4 is 14.2 Å². The molecular weight excluding hydrogens is 363 g/mol. The van der Waals surface area contributed by atoms with Crippen molar-refractivity contribution in [2.45, 2.75) is 6.92 Å². The highest BCUT2D eigenvalue weighted by atomic mass is 35.5. The first-order valence-electron chi connectivity index (χ1n) is 7.39. The van der Waals surface area contributed by atoms with E-state index in [1.54, 1.807) is 36.4 Å². The second-order valence-electron chi connectivity index (χ2n) is 5.20. The molecule has 2 rings (SSSR count). The summed E-state index contributed by atoms with van der Waals surface area (Å²) >= 11 is 12.0. The molecule has 0 heterocycles. The maximum Gasteiger partial charge on any atom is 0.203 e. The molecule has 0 atom stereocenters. The number of ketones is 1. The van der Waals surface area contributed by atoms with Gasteiger partial charge in [0.1, 0.15) is 0 Å². The van der Waals surface area contributed by atoms with E-state index in [2.05, 4.69) is 0 Å². The molecule has 0 N–H and O–H groups in total. The van der Waals surface area contributed by atoms with E-state index >= 15 is 0 Å². The van der Waals surface area contributed by atoms with Crippen LogP contribution in [0.3, 0.4) is 0 Å². The molecule has 6 heteroatoms. The summed E-state index contributed by atoms with van der Waals surface area (Å²) in [6.45, 7) is 1.49. The molecule has 0 spiro atoms. The van der Waals surface area contributed by atoms with Crippen LogP contribution in [0.2, 0.25) is 10.0 Å². The number of methoxy groups -OCH3 is 3. The third-order valence-corrected chi connectivity index (χ3v) is 4.35. The zero-order valence-corrected chi connectivity index (χ0v) is 15.9. The number of Topliss-reactive ketones (excluding diaryl/α,β-unsaturated/α-hetero) is 1. The van der Waals surface area contributed by atoms with E-state index in [0.717, 1.165) is 5.56 Å². The Morgan fingerprint density at radius 1 is 0.920 bits per heavy atom. The highest BCUT2D eigenvalue weighted by molar-refractivity contribution is 6.42. The first-order chi connectivity index (χ1) is 11.9. The predicted octanol–water partition coefficient (Wildman–Crippen LogP) is 5.15. The maximum atomic E-state index is 12.2. The van der Waals surface area contributed by atoms with Crippen LogP contribution in [0.1, 0.15) is 18.1 Å². The Morgan fingerprint density at radius 3 is 1.96 bits per heavy atom. The van der Waals surface area contributed by atoms with E-state index in [-0.39, 0.29) is 5.78 Å². The average molecular weight is 381 g/mol. The van der Waals surface area contributed by atoms with Gasteiger partial charge in [-0.25, -0.2) is 0 Å². The molecule has 25 heavy (non-hydrogen) atoms. The van der Waals surface area contributed by atoms with Gasteiger partial charge in [0.15, 0.2) is 17.3 Å². The number of carbonyl (C=O) groups is 1. The Labute approximate surface area is 156 Å². The molecule has 2 aromatic carbocycles. The molecule has 4 nitrogen and oxygen atoms in total. The lowest BCUT2D eigenvalue weighted by Gasteiger charge is -2.15. The molecule has 0 saturated carbocycles. The second kappa shape index (κ2) is 8.28. The van der Waals surface area contributed by atoms with Crippen molar-refractivity contribution in [3.63, 3.8) is 0 Å². The summed E-state index contributed by atoms with van der Waals surface area (Å²) in [5, 5.41) is 0.874. The summed E-state index contributed by atoms with van der Waals surface area (Å²) in [7, 11) is 4.58. The summed E-state index contributed by atoms with van der Waals surface area (Å²) < 4.78 is 16.0. The molecule has 0 aliphatic carbocycles. The van der Waals surface area contributed by atoms with E-state index in [1.165, 1.54) is 28.3 Å². The van der Waals surface area contributed by atoms with Crippen LogP contribution >= 0.6 is 23.2 Å². The van der Waals surface area contributed by atoms with Gasteiger partial charge in [0.05, 0.1) is 31.4 Å². The molecule has 0 saturated heterocycles. The molecular formula is C19H18Cl2O4. The van der Waals surface area contributed by atoms with Gasteiger partial charge in [-0.1, -0.05) is 29.3 Å². The van der Waals surface area contributed by atoms with E-state index in [1.807, 2.05) is 0 Å². The minimum atomic E-state index is -0.111. The topological polar surface area (TPSA) is 44.8 Å². The van der Waals surface area contributed by atoms with Gasteiger partial charge in [-0.05, 0) is 48.4 Å². The normalized spacial score (nSPS) is 11.2. The van der Waals surface area contributed by atoms with E-state index in [9.17, 15) is 4.79 Å². The monoisotopic (exact) mass is 380 g/mol. The number of hydrogen-bond donors (Lipinski definition) is 0. The van der Waals surface area contributed by atoms with Gasteiger partial charge >= 0.3 is 0 Å². The fourth-order valence-corrected chi connectivity index (χ4v) is 2.70. The molecule has 0 amide bonds. The van der Waals surface area contributed by atoms with Gasteiger partial charge in [0.2, 0.25) is 5.75 Å². The van der Waals surface area contributed by atoms with Gasteiger partial charge in [0.25, 0.3) is 0 Å². The van der Waals surface area contributed by atoms with Crippen LogP contribution in [0, 0.1) is 0 Å². The zero-order chi connectivity index (χ0) is 18.6. The quantitative estimate of drug-likeness (QED) is 0.513. The fraction of sp³-hybridized carbons (Fsp3) is 0.211.